The average Bonchev–Trinajstić information content (AvgIpc) is 3.21. The third kappa shape index (κ3) is 2.64. The van der Waals surface area contributed by atoms with Crippen molar-refractivity contribution < 1.29 is 17.3 Å². The van der Waals surface area contributed by atoms with E-state index in [-0.39, 0.29) is 16.4 Å². The Kier molecular flexibility index (Phi) is 3.76. The van der Waals surface area contributed by atoms with Gasteiger partial charge < -0.3 is 14.2 Å². The van der Waals surface area contributed by atoms with E-state index in [0.717, 1.165) is 35.5 Å². The van der Waals surface area contributed by atoms with Gasteiger partial charge in [0.15, 0.2) is 0 Å². The summed E-state index contributed by atoms with van der Waals surface area (Å²) in [5, 5.41) is 5.69. The average molecular weight is 402 g/mol. The van der Waals surface area contributed by atoms with Crippen molar-refractivity contribution in [3.63, 3.8) is 0 Å². The Morgan fingerprint density at radius 2 is 2.11 bits per heavy atom. The predicted octanol–water partition coefficient (Wildman–Crippen LogP) is 3.68. The number of benzene rings is 2. The van der Waals surface area contributed by atoms with Gasteiger partial charge in [0.2, 0.25) is 0 Å². The molecular weight excluding hydrogens is 382 g/mol. The van der Waals surface area contributed by atoms with E-state index in [1.165, 1.54) is 11.3 Å². The number of piperidine rings is 1. The van der Waals surface area contributed by atoms with Crippen LogP contribution in [0.25, 0.3) is 10.1 Å². The Morgan fingerprint density at radius 1 is 1.26 bits per heavy atom. The molecule has 0 radical (unpaired) electrons. The highest BCUT2D eigenvalue weighted by Gasteiger charge is 2.46. The summed E-state index contributed by atoms with van der Waals surface area (Å²) in [5.74, 6) is 1.14. The van der Waals surface area contributed by atoms with Crippen molar-refractivity contribution in [1.29, 1.82) is 0 Å². The predicted molar refractivity (Wildman–Crippen MR) is 105 cm³/mol. The van der Waals surface area contributed by atoms with Crippen LogP contribution in [-0.2, 0) is 15.5 Å². The fraction of sp³-hybridized carbons (Fsp3) is 0.300. The molecule has 2 aromatic carbocycles. The molecule has 140 valence electrons. The van der Waals surface area contributed by atoms with Crippen LogP contribution in [0.4, 0.5) is 0 Å². The molecular formula is C20H19NO4S2. The second-order valence-electron chi connectivity index (χ2n) is 7.27. The van der Waals surface area contributed by atoms with Crippen LogP contribution in [0.2, 0.25) is 0 Å². The van der Waals surface area contributed by atoms with Crippen LogP contribution in [0, 0.1) is 0 Å². The number of nitrogens with one attached hydrogen (secondary N) is 1. The van der Waals surface area contributed by atoms with Gasteiger partial charge in [-0.3, -0.25) is 0 Å². The summed E-state index contributed by atoms with van der Waals surface area (Å²) in [7, 11) is -3.91. The zero-order valence-electron chi connectivity index (χ0n) is 14.8. The molecule has 1 fully saturated rings. The first-order chi connectivity index (χ1) is 13.0. The zero-order chi connectivity index (χ0) is 18.6. The van der Waals surface area contributed by atoms with Crippen molar-refractivity contribution in [2.45, 2.75) is 29.8 Å². The third-order valence-electron chi connectivity index (χ3n) is 5.62. The van der Waals surface area contributed by atoms with Crippen LogP contribution in [-0.4, -0.2) is 27.6 Å². The summed E-state index contributed by atoms with van der Waals surface area (Å²) in [6.45, 7) is 3.88. The number of ether oxygens (including phenoxy) is 1. The summed E-state index contributed by atoms with van der Waals surface area (Å²) in [5.41, 5.74) is 0.899. The Hall–Kier alpha value is -2.09. The minimum atomic E-state index is -3.91. The van der Waals surface area contributed by atoms with Gasteiger partial charge in [-0.15, -0.1) is 11.3 Å². The molecule has 3 heterocycles. The van der Waals surface area contributed by atoms with Crippen LogP contribution in [0.5, 0.6) is 11.5 Å². The van der Waals surface area contributed by atoms with Crippen LogP contribution < -0.4 is 14.2 Å². The third-order valence-corrected chi connectivity index (χ3v) is 8.02. The van der Waals surface area contributed by atoms with Crippen LogP contribution in [0.1, 0.15) is 18.9 Å². The van der Waals surface area contributed by atoms with E-state index in [9.17, 15) is 8.42 Å². The summed E-state index contributed by atoms with van der Waals surface area (Å²) < 4.78 is 38.3. The smallest absolute Gasteiger partial charge is 0.340 e. The molecule has 3 aromatic rings. The van der Waals surface area contributed by atoms with Gasteiger partial charge in [-0.05, 0) is 37.2 Å². The van der Waals surface area contributed by atoms with Crippen molar-refractivity contribution in [1.82, 2.24) is 5.32 Å². The van der Waals surface area contributed by atoms with E-state index in [1.54, 1.807) is 17.5 Å². The largest absolute Gasteiger partial charge is 0.488 e. The molecule has 7 heteroatoms. The Morgan fingerprint density at radius 3 is 3.00 bits per heavy atom. The molecule has 0 aliphatic carbocycles. The molecule has 27 heavy (non-hydrogen) atoms. The highest BCUT2D eigenvalue weighted by Crippen LogP contribution is 2.47. The molecule has 5 rings (SSSR count). The molecule has 1 N–H and O–H groups in total. The maximum Gasteiger partial charge on any atom is 0.340 e. The first-order valence-corrected chi connectivity index (χ1v) is 11.2. The quantitative estimate of drug-likeness (QED) is 0.678. The molecule has 1 aromatic heterocycles. The highest BCUT2D eigenvalue weighted by atomic mass is 32.2. The van der Waals surface area contributed by atoms with Crippen molar-refractivity contribution >= 4 is 31.5 Å². The summed E-state index contributed by atoms with van der Waals surface area (Å²) >= 11 is 1.40. The zero-order valence-corrected chi connectivity index (χ0v) is 16.4. The normalized spacial score (nSPS) is 24.3. The molecule has 0 saturated carbocycles. The maximum absolute atomic E-state index is 12.9. The number of fused-ring (bicyclic) bond motifs is 4. The SMILES string of the molecule is CC12CCNCC1Oc1ccc(OS(=O)(=O)c3csc4ccccc34)cc12. The van der Waals surface area contributed by atoms with Crippen molar-refractivity contribution in [2.24, 2.45) is 0 Å². The van der Waals surface area contributed by atoms with E-state index >= 15 is 0 Å². The Labute approximate surface area is 162 Å². The topological polar surface area (TPSA) is 64.6 Å². The molecule has 0 bridgehead atoms. The highest BCUT2D eigenvalue weighted by molar-refractivity contribution is 7.87. The van der Waals surface area contributed by atoms with Gasteiger partial charge in [0.1, 0.15) is 22.5 Å². The lowest BCUT2D eigenvalue weighted by molar-refractivity contribution is 0.124. The summed E-state index contributed by atoms with van der Waals surface area (Å²) in [6, 6.07) is 12.7. The van der Waals surface area contributed by atoms with Crippen molar-refractivity contribution in [3.05, 3.63) is 53.4 Å². The van der Waals surface area contributed by atoms with E-state index < -0.39 is 10.1 Å². The lowest BCUT2D eigenvalue weighted by Gasteiger charge is -2.35. The standard InChI is InChI=1S/C20H19NO4S2/c1-20-8-9-21-11-19(20)24-16-7-6-13(10-15(16)20)25-27(22,23)18-12-26-17-5-3-2-4-14(17)18/h2-7,10,12,19,21H,8-9,11H2,1H3. The molecule has 2 aliphatic rings. The number of thiophene rings is 1. The molecule has 2 aliphatic heterocycles. The van der Waals surface area contributed by atoms with Crippen LogP contribution in [0.3, 0.4) is 0 Å². The second kappa shape index (κ2) is 5.95. The van der Waals surface area contributed by atoms with Crippen LogP contribution in [0.15, 0.2) is 52.7 Å². The van der Waals surface area contributed by atoms with E-state index in [2.05, 4.69) is 12.2 Å². The summed E-state index contributed by atoms with van der Waals surface area (Å²) in [4.78, 5) is 0.214. The lowest BCUT2D eigenvalue weighted by Crippen LogP contribution is -2.49. The molecule has 0 amide bonds. The van der Waals surface area contributed by atoms with E-state index in [0.29, 0.717) is 11.1 Å². The minimum absolute atomic E-state index is 0.0638. The second-order valence-corrected chi connectivity index (χ2v) is 9.70. The van der Waals surface area contributed by atoms with Gasteiger partial charge >= 0.3 is 10.1 Å². The maximum atomic E-state index is 12.9. The monoisotopic (exact) mass is 401 g/mol. The number of hydrogen-bond acceptors (Lipinski definition) is 6. The first-order valence-electron chi connectivity index (χ1n) is 8.90. The minimum Gasteiger partial charge on any atom is -0.488 e. The Balaban J connectivity index is 1.51. The first kappa shape index (κ1) is 17.0. The number of rotatable bonds is 3. The van der Waals surface area contributed by atoms with Gasteiger partial charge in [-0.1, -0.05) is 25.1 Å². The van der Waals surface area contributed by atoms with Gasteiger partial charge in [0.25, 0.3) is 0 Å². The molecule has 1 saturated heterocycles. The molecule has 5 nitrogen and oxygen atoms in total. The molecule has 2 unspecified atom stereocenters. The van der Waals surface area contributed by atoms with Crippen molar-refractivity contribution in [2.75, 3.05) is 13.1 Å². The van der Waals surface area contributed by atoms with Gasteiger partial charge in [0.05, 0.1) is 0 Å². The van der Waals surface area contributed by atoms with Gasteiger partial charge in [0, 0.05) is 33.0 Å². The Bertz CT molecular complexity index is 1140. The van der Waals surface area contributed by atoms with Crippen LogP contribution >= 0.6 is 11.3 Å². The van der Waals surface area contributed by atoms with E-state index in [1.807, 2.05) is 30.3 Å². The number of hydrogen-bond donors (Lipinski definition) is 1. The fourth-order valence-corrected chi connectivity index (χ4v) is 6.43. The van der Waals surface area contributed by atoms with Crippen molar-refractivity contribution in [3.8, 4) is 11.5 Å². The molecule has 2 atom stereocenters. The van der Waals surface area contributed by atoms with E-state index in [4.69, 9.17) is 8.92 Å². The van der Waals surface area contributed by atoms with Gasteiger partial charge in [-0.25, -0.2) is 0 Å². The summed E-state index contributed by atoms with van der Waals surface area (Å²) in [6.07, 6.45) is 1.00. The molecule has 0 spiro atoms. The fourth-order valence-electron chi connectivity index (χ4n) is 4.03. The van der Waals surface area contributed by atoms with Gasteiger partial charge in [-0.2, -0.15) is 8.42 Å². The lowest BCUT2D eigenvalue weighted by atomic mass is 9.74.